The van der Waals surface area contributed by atoms with Crippen molar-refractivity contribution < 1.29 is 0 Å². The Labute approximate surface area is 120 Å². The molecule has 0 radical (unpaired) electrons. The van der Waals surface area contributed by atoms with Crippen molar-refractivity contribution in [3.8, 4) is 0 Å². The predicted molar refractivity (Wildman–Crippen MR) is 83.0 cm³/mol. The van der Waals surface area contributed by atoms with Gasteiger partial charge in [0.05, 0.1) is 0 Å². The first kappa shape index (κ1) is 14.8. The standard InChI is InChI=1S/C14H26N4S/c1-11(2)15-9-13-10-16-14(19-13)18(4)12-5-7-17(3)8-6-12/h10-12,15H,5-9H2,1-4H3. The lowest BCUT2D eigenvalue weighted by atomic mass is 10.0. The topological polar surface area (TPSA) is 31.4 Å². The van der Waals surface area contributed by atoms with E-state index in [4.69, 9.17) is 0 Å². The quantitative estimate of drug-likeness (QED) is 0.897. The van der Waals surface area contributed by atoms with Crippen molar-refractivity contribution in [1.82, 2.24) is 15.2 Å². The summed E-state index contributed by atoms with van der Waals surface area (Å²) in [6.45, 7) is 7.67. The molecule has 1 saturated heterocycles. The highest BCUT2D eigenvalue weighted by Crippen LogP contribution is 2.26. The van der Waals surface area contributed by atoms with Gasteiger partial charge in [-0.05, 0) is 33.0 Å². The van der Waals surface area contributed by atoms with E-state index in [0.717, 1.165) is 11.7 Å². The number of thiazole rings is 1. The summed E-state index contributed by atoms with van der Waals surface area (Å²) in [5, 5.41) is 4.61. The molecule has 0 amide bonds. The summed E-state index contributed by atoms with van der Waals surface area (Å²) in [5.74, 6) is 0. The molecule has 1 aliphatic rings. The average molecular weight is 282 g/mol. The van der Waals surface area contributed by atoms with Gasteiger partial charge in [0.25, 0.3) is 0 Å². The Kier molecular flexibility index (Phi) is 5.19. The van der Waals surface area contributed by atoms with Crippen LogP contribution in [0.4, 0.5) is 5.13 Å². The number of hydrogen-bond donors (Lipinski definition) is 1. The Morgan fingerprint density at radius 2 is 2.16 bits per heavy atom. The molecule has 0 saturated carbocycles. The molecule has 1 N–H and O–H groups in total. The number of hydrogen-bond acceptors (Lipinski definition) is 5. The van der Waals surface area contributed by atoms with Crippen molar-refractivity contribution in [1.29, 1.82) is 0 Å². The van der Waals surface area contributed by atoms with Crippen molar-refractivity contribution >= 4 is 16.5 Å². The Balaban J connectivity index is 1.90. The zero-order valence-corrected chi connectivity index (χ0v) is 13.3. The minimum Gasteiger partial charge on any atom is -0.348 e. The average Bonchev–Trinajstić information content (AvgIpc) is 2.85. The van der Waals surface area contributed by atoms with Crippen molar-refractivity contribution in [3.63, 3.8) is 0 Å². The largest absolute Gasteiger partial charge is 0.348 e. The highest BCUT2D eigenvalue weighted by atomic mass is 32.1. The summed E-state index contributed by atoms with van der Waals surface area (Å²) in [6.07, 6.45) is 4.50. The van der Waals surface area contributed by atoms with E-state index in [-0.39, 0.29) is 0 Å². The van der Waals surface area contributed by atoms with Crippen LogP contribution in [0.3, 0.4) is 0 Å². The highest BCUT2D eigenvalue weighted by Gasteiger charge is 2.22. The third-order valence-corrected chi connectivity index (χ3v) is 4.85. The maximum absolute atomic E-state index is 4.58. The monoisotopic (exact) mass is 282 g/mol. The summed E-state index contributed by atoms with van der Waals surface area (Å²) in [4.78, 5) is 10.7. The Morgan fingerprint density at radius 1 is 1.47 bits per heavy atom. The summed E-state index contributed by atoms with van der Waals surface area (Å²) in [7, 11) is 4.39. The van der Waals surface area contributed by atoms with Gasteiger partial charge in [-0.15, -0.1) is 11.3 Å². The third kappa shape index (κ3) is 4.16. The first-order valence-corrected chi connectivity index (χ1v) is 7.97. The molecule has 1 aliphatic heterocycles. The summed E-state index contributed by atoms with van der Waals surface area (Å²) < 4.78 is 0. The molecule has 19 heavy (non-hydrogen) atoms. The number of likely N-dealkylation sites (tertiary alicyclic amines) is 1. The van der Waals surface area contributed by atoms with E-state index in [1.165, 1.54) is 30.8 Å². The molecule has 4 nitrogen and oxygen atoms in total. The maximum atomic E-state index is 4.58. The number of aromatic nitrogens is 1. The Morgan fingerprint density at radius 3 is 2.79 bits per heavy atom. The lowest BCUT2D eigenvalue weighted by Crippen LogP contribution is -2.41. The van der Waals surface area contributed by atoms with E-state index in [0.29, 0.717) is 12.1 Å². The van der Waals surface area contributed by atoms with Crippen LogP contribution in [0, 0.1) is 0 Å². The molecule has 0 spiro atoms. The number of rotatable bonds is 5. The second-order valence-corrected chi connectivity index (χ2v) is 6.88. The normalized spacial score (nSPS) is 18.2. The molecular weight excluding hydrogens is 256 g/mol. The van der Waals surface area contributed by atoms with Gasteiger partial charge in [-0.25, -0.2) is 4.98 Å². The summed E-state index contributed by atoms with van der Waals surface area (Å²) >= 11 is 1.82. The van der Waals surface area contributed by atoms with Crippen LogP contribution in [0.1, 0.15) is 31.6 Å². The maximum Gasteiger partial charge on any atom is 0.185 e. The lowest BCUT2D eigenvalue weighted by Gasteiger charge is -2.34. The van der Waals surface area contributed by atoms with Gasteiger partial charge in [-0.2, -0.15) is 0 Å². The molecule has 0 atom stereocenters. The molecule has 2 rings (SSSR count). The molecule has 2 heterocycles. The van der Waals surface area contributed by atoms with Gasteiger partial charge in [-0.1, -0.05) is 13.8 Å². The van der Waals surface area contributed by atoms with Crippen molar-refractivity contribution in [2.75, 3.05) is 32.1 Å². The van der Waals surface area contributed by atoms with E-state index in [1.807, 2.05) is 17.5 Å². The van der Waals surface area contributed by atoms with Gasteiger partial charge < -0.3 is 15.1 Å². The Bertz CT molecular complexity index is 383. The van der Waals surface area contributed by atoms with Crippen LogP contribution in [-0.4, -0.2) is 49.2 Å². The molecule has 1 fully saturated rings. The molecule has 1 aromatic heterocycles. The van der Waals surface area contributed by atoms with E-state index in [1.54, 1.807) is 0 Å². The van der Waals surface area contributed by atoms with Crippen LogP contribution in [0.15, 0.2) is 6.20 Å². The van der Waals surface area contributed by atoms with Crippen LogP contribution in [0.2, 0.25) is 0 Å². The third-order valence-electron chi connectivity index (χ3n) is 3.76. The molecule has 0 bridgehead atoms. The molecule has 0 aromatic carbocycles. The zero-order valence-electron chi connectivity index (χ0n) is 12.5. The highest BCUT2D eigenvalue weighted by molar-refractivity contribution is 7.15. The smallest absolute Gasteiger partial charge is 0.185 e. The first-order valence-electron chi connectivity index (χ1n) is 7.15. The number of nitrogens with zero attached hydrogens (tertiary/aromatic N) is 3. The van der Waals surface area contributed by atoms with Crippen LogP contribution in [0.25, 0.3) is 0 Å². The van der Waals surface area contributed by atoms with Crippen molar-refractivity contribution in [3.05, 3.63) is 11.1 Å². The first-order chi connectivity index (χ1) is 9.06. The molecular formula is C14H26N4S. The fourth-order valence-electron chi connectivity index (χ4n) is 2.39. The fraction of sp³-hybridized carbons (Fsp3) is 0.786. The van der Waals surface area contributed by atoms with Gasteiger partial charge >= 0.3 is 0 Å². The van der Waals surface area contributed by atoms with Crippen LogP contribution < -0.4 is 10.2 Å². The number of nitrogens with one attached hydrogen (secondary N) is 1. The van der Waals surface area contributed by atoms with Crippen molar-refractivity contribution in [2.24, 2.45) is 0 Å². The van der Waals surface area contributed by atoms with E-state index < -0.39 is 0 Å². The van der Waals surface area contributed by atoms with Gasteiger partial charge in [-0.3, -0.25) is 0 Å². The minimum atomic E-state index is 0.525. The molecule has 108 valence electrons. The zero-order chi connectivity index (χ0) is 13.8. The summed E-state index contributed by atoms with van der Waals surface area (Å²) in [5.41, 5.74) is 0. The van der Waals surface area contributed by atoms with Gasteiger partial charge in [0.2, 0.25) is 0 Å². The van der Waals surface area contributed by atoms with E-state index >= 15 is 0 Å². The van der Waals surface area contributed by atoms with Crippen molar-refractivity contribution in [2.45, 2.75) is 45.3 Å². The van der Waals surface area contributed by atoms with Crippen LogP contribution in [-0.2, 0) is 6.54 Å². The fourth-order valence-corrected chi connectivity index (χ4v) is 3.28. The SMILES string of the molecule is CC(C)NCc1cnc(N(C)C2CCN(C)CC2)s1. The summed E-state index contributed by atoms with van der Waals surface area (Å²) in [6, 6.07) is 1.17. The predicted octanol–water partition coefficient (Wildman–Crippen LogP) is 2.17. The van der Waals surface area contributed by atoms with Gasteiger partial charge in [0.15, 0.2) is 5.13 Å². The Hall–Kier alpha value is -0.650. The van der Waals surface area contributed by atoms with Gasteiger partial charge in [0, 0.05) is 36.8 Å². The molecule has 0 aliphatic carbocycles. The molecule has 0 unspecified atom stereocenters. The van der Waals surface area contributed by atoms with Crippen LogP contribution in [0.5, 0.6) is 0 Å². The van der Waals surface area contributed by atoms with Crippen LogP contribution >= 0.6 is 11.3 Å². The van der Waals surface area contributed by atoms with E-state index in [9.17, 15) is 0 Å². The molecule has 1 aromatic rings. The molecule has 5 heteroatoms. The van der Waals surface area contributed by atoms with Gasteiger partial charge in [0.1, 0.15) is 0 Å². The minimum absolute atomic E-state index is 0.525. The van der Waals surface area contributed by atoms with E-state index in [2.05, 4.69) is 48.0 Å². The second-order valence-electron chi connectivity index (χ2n) is 5.79. The second kappa shape index (κ2) is 6.68. The number of piperidine rings is 1. The number of anilines is 1. The lowest BCUT2D eigenvalue weighted by molar-refractivity contribution is 0.253.